The van der Waals surface area contributed by atoms with Crippen LogP contribution >= 0.6 is 0 Å². The van der Waals surface area contributed by atoms with Crippen LogP contribution in [0.15, 0.2) is 67.1 Å². The van der Waals surface area contributed by atoms with Gasteiger partial charge in [0.1, 0.15) is 23.8 Å². The second-order valence-electron chi connectivity index (χ2n) is 8.43. The fourth-order valence-electron chi connectivity index (χ4n) is 3.98. The van der Waals surface area contributed by atoms with Crippen LogP contribution in [0.3, 0.4) is 0 Å². The molecule has 1 aliphatic carbocycles. The van der Waals surface area contributed by atoms with Gasteiger partial charge in [0.05, 0.1) is 12.1 Å². The number of H-pyrrole nitrogens is 1. The lowest BCUT2D eigenvalue weighted by atomic mass is 10.1. The van der Waals surface area contributed by atoms with Crippen LogP contribution in [0.2, 0.25) is 0 Å². The Bertz CT molecular complexity index is 1460. The zero-order valence-corrected chi connectivity index (χ0v) is 18.5. The first-order valence-electron chi connectivity index (χ1n) is 10.8. The van der Waals surface area contributed by atoms with E-state index in [1.54, 1.807) is 6.92 Å². The van der Waals surface area contributed by atoms with E-state index in [2.05, 4.69) is 9.97 Å². The summed E-state index contributed by atoms with van der Waals surface area (Å²) in [5.74, 6) is 0.966. The molecule has 11 heteroatoms. The van der Waals surface area contributed by atoms with Crippen molar-refractivity contribution in [3.05, 3.63) is 92.1 Å². The van der Waals surface area contributed by atoms with Crippen LogP contribution in [-0.2, 0) is 19.3 Å². The molecule has 0 radical (unpaired) electrons. The molecule has 0 bridgehead atoms. The van der Waals surface area contributed by atoms with E-state index < -0.39 is 23.2 Å². The lowest BCUT2D eigenvalue weighted by Crippen LogP contribution is -2.17. The number of benzene rings is 2. The van der Waals surface area contributed by atoms with E-state index in [9.17, 15) is 22.8 Å². The van der Waals surface area contributed by atoms with Gasteiger partial charge in [-0.15, -0.1) is 0 Å². The van der Waals surface area contributed by atoms with E-state index in [1.165, 1.54) is 12.1 Å². The van der Waals surface area contributed by atoms with Crippen LogP contribution in [0.4, 0.5) is 13.2 Å². The van der Waals surface area contributed by atoms with Crippen LogP contribution in [0, 0.1) is 12.8 Å². The number of rotatable bonds is 7. The van der Waals surface area contributed by atoms with E-state index in [-0.39, 0.29) is 24.3 Å². The zero-order chi connectivity index (χ0) is 24.7. The van der Waals surface area contributed by atoms with Gasteiger partial charge in [-0.2, -0.15) is 17.9 Å². The molecule has 2 aromatic carbocycles. The predicted octanol–water partition coefficient (Wildman–Crippen LogP) is 4.49. The fraction of sp³-hybridized carbons (Fsp3) is 0.292. The summed E-state index contributed by atoms with van der Waals surface area (Å²) >= 11 is 0. The second kappa shape index (κ2) is 8.64. The molecule has 0 aliphatic heterocycles. The van der Waals surface area contributed by atoms with Crippen molar-refractivity contribution < 1.29 is 26.8 Å². The lowest BCUT2D eigenvalue weighted by Gasteiger charge is -2.07. The van der Waals surface area contributed by atoms with Crippen molar-refractivity contribution in [1.82, 2.24) is 14.7 Å². The summed E-state index contributed by atoms with van der Waals surface area (Å²) in [4.78, 5) is 29.2. The maximum Gasteiger partial charge on any atom is 0.440 e. The molecule has 2 aromatic heterocycles. The molecule has 2 heterocycles. The summed E-state index contributed by atoms with van der Waals surface area (Å²) in [6.45, 7) is 2.15. The molecule has 35 heavy (non-hydrogen) atoms. The molecule has 8 nitrogen and oxygen atoms in total. The molecule has 2 unspecified atom stereocenters. The maximum atomic E-state index is 12.8. The highest BCUT2D eigenvalue weighted by Crippen LogP contribution is 2.48. The smallest absolute Gasteiger partial charge is 0.440 e. The minimum Gasteiger partial charge on any atom is -0.487 e. The number of ether oxygens (including phenoxy) is 1. The van der Waals surface area contributed by atoms with Crippen LogP contribution in [-0.4, -0.2) is 14.7 Å². The van der Waals surface area contributed by atoms with Crippen molar-refractivity contribution >= 4 is 0 Å². The predicted molar refractivity (Wildman–Crippen MR) is 117 cm³/mol. The van der Waals surface area contributed by atoms with Crippen molar-refractivity contribution in [3.8, 4) is 17.2 Å². The Morgan fingerprint density at radius 1 is 1.17 bits per heavy atom. The van der Waals surface area contributed by atoms with Gasteiger partial charge >= 0.3 is 17.6 Å². The molecule has 1 aliphatic rings. The Labute approximate surface area is 195 Å². The number of halogens is 3. The number of aryl methyl sites for hydroxylation is 1. The summed E-state index contributed by atoms with van der Waals surface area (Å²) < 4.78 is 55.7. The average molecular weight is 487 g/mol. The summed E-state index contributed by atoms with van der Waals surface area (Å²) in [7, 11) is 0. The third-order valence-electron chi connectivity index (χ3n) is 5.97. The van der Waals surface area contributed by atoms with E-state index in [0.717, 1.165) is 28.9 Å². The highest BCUT2D eigenvalue weighted by atomic mass is 19.4. The Morgan fingerprint density at radius 2 is 1.94 bits per heavy atom. The minimum atomic E-state index is -4.41. The number of aromatic amines is 1. The molecule has 1 fully saturated rings. The molecule has 0 amide bonds. The van der Waals surface area contributed by atoms with Crippen molar-refractivity contribution in [1.29, 1.82) is 0 Å². The Hall–Kier alpha value is -4.02. The standard InChI is InChI=1S/C24H20F3N3O5/c1-13-20(28-21(34-13)14-5-7-17(8-6-14)24(25,26)27)12-33-18-4-2-3-15(9-18)19-10-16(19)11-30-22(31)29-23(32)35-30/h2-9,16,19H,10-12H2,1H3,(H,29,31,32). The molecule has 4 aromatic rings. The van der Waals surface area contributed by atoms with Crippen LogP contribution in [0.5, 0.6) is 5.75 Å². The van der Waals surface area contributed by atoms with Gasteiger partial charge in [-0.1, -0.05) is 12.1 Å². The van der Waals surface area contributed by atoms with Crippen molar-refractivity contribution in [3.63, 3.8) is 0 Å². The van der Waals surface area contributed by atoms with Crippen LogP contribution in [0.25, 0.3) is 11.5 Å². The molecule has 0 spiro atoms. The molecular formula is C24H20F3N3O5. The molecule has 1 saturated carbocycles. The summed E-state index contributed by atoms with van der Waals surface area (Å²) in [6.07, 6.45) is -3.56. The van der Waals surface area contributed by atoms with Gasteiger partial charge in [-0.25, -0.2) is 19.6 Å². The Balaban J connectivity index is 1.23. The molecule has 0 saturated heterocycles. The van der Waals surface area contributed by atoms with Gasteiger partial charge in [-0.05, 0) is 67.1 Å². The first-order chi connectivity index (χ1) is 16.7. The van der Waals surface area contributed by atoms with Gasteiger partial charge in [0.25, 0.3) is 0 Å². The average Bonchev–Trinajstić information content (AvgIpc) is 3.38. The summed E-state index contributed by atoms with van der Waals surface area (Å²) in [5, 5.41) is 0. The lowest BCUT2D eigenvalue weighted by molar-refractivity contribution is -0.137. The van der Waals surface area contributed by atoms with Gasteiger partial charge in [0, 0.05) is 5.56 Å². The van der Waals surface area contributed by atoms with E-state index >= 15 is 0 Å². The highest BCUT2D eigenvalue weighted by molar-refractivity contribution is 5.54. The van der Waals surface area contributed by atoms with Crippen molar-refractivity contribution in [2.45, 2.75) is 38.6 Å². The molecular weight excluding hydrogens is 467 g/mol. The number of nitrogens with zero attached hydrogens (tertiary/aromatic N) is 2. The van der Waals surface area contributed by atoms with Gasteiger partial charge in [0.2, 0.25) is 5.89 Å². The quantitative estimate of drug-likeness (QED) is 0.412. The zero-order valence-electron chi connectivity index (χ0n) is 18.5. The number of alkyl halides is 3. The van der Waals surface area contributed by atoms with E-state index in [4.69, 9.17) is 13.7 Å². The third kappa shape index (κ3) is 4.93. The number of oxazole rings is 1. The molecule has 182 valence electrons. The minimum absolute atomic E-state index is 0.122. The maximum absolute atomic E-state index is 12.8. The second-order valence-corrected chi connectivity index (χ2v) is 8.43. The first kappa shape index (κ1) is 22.8. The number of hydrogen-bond donors (Lipinski definition) is 1. The SMILES string of the molecule is Cc1oc(-c2ccc(C(F)(F)F)cc2)nc1COc1cccc(C2CC2Cn2oc(=O)[nH]c2=O)c1. The fourth-order valence-corrected chi connectivity index (χ4v) is 3.98. The number of aromatic nitrogens is 3. The van der Waals surface area contributed by atoms with Crippen molar-refractivity contribution in [2.24, 2.45) is 5.92 Å². The van der Waals surface area contributed by atoms with Gasteiger partial charge < -0.3 is 13.7 Å². The number of nitrogens with one attached hydrogen (secondary N) is 1. The Morgan fingerprint density at radius 3 is 2.63 bits per heavy atom. The molecule has 1 N–H and O–H groups in total. The van der Waals surface area contributed by atoms with Crippen molar-refractivity contribution in [2.75, 3.05) is 0 Å². The number of hydrogen-bond acceptors (Lipinski definition) is 6. The monoisotopic (exact) mass is 487 g/mol. The third-order valence-corrected chi connectivity index (χ3v) is 5.97. The largest absolute Gasteiger partial charge is 0.487 e. The Kier molecular flexibility index (Phi) is 5.62. The summed E-state index contributed by atoms with van der Waals surface area (Å²) in [6, 6.07) is 12.2. The highest BCUT2D eigenvalue weighted by Gasteiger charge is 2.39. The summed E-state index contributed by atoms with van der Waals surface area (Å²) in [5.41, 5.74) is 0.718. The van der Waals surface area contributed by atoms with E-state index in [1.807, 2.05) is 24.3 Å². The first-order valence-corrected chi connectivity index (χ1v) is 10.8. The van der Waals surface area contributed by atoms with E-state index in [0.29, 0.717) is 29.3 Å². The molecule has 5 rings (SSSR count). The van der Waals surface area contributed by atoms with Crippen LogP contribution in [0.1, 0.15) is 34.9 Å². The van der Waals surface area contributed by atoms with Gasteiger partial charge in [0.15, 0.2) is 0 Å². The van der Waals surface area contributed by atoms with Gasteiger partial charge in [-0.3, -0.25) is 0 Å². The normalized spacial score (nSPS) is 17.5. The molecule has 2 atom stereocenters. The topological polar surface area (TPSA) is 103 Å². The van der Waals surface area contributed by atoms with Crippen LogP contribution < -0.4 is 16.2 Å².